The summed E-state index contributed by atoms with van der Waals surface area (Å²) < 4.78 is 4.87. The number of aromatic nitrogens is 2. The molecule has 1 aromatic heterocycles. The maximum atomic E-state index is 12.0. The van der Waals surface area contributed by atoms with E-state index in [0.29, 0.717) is 24.7 Å². The maximum absolute atomic E-state index is 12.0. The summed E-state index contributed by atoms with van der Waals surface area (Å²) in [7, 11) is 0. The standard InChI is InChI=1S/C11H16N4O4/c1-7-13-9(19-14-7)6-12-11(18)15-5-3-2-4-8(15)10(16)17/h8H,2-6H2,1H3,(H,12,18)(H,16,17). The SMILES string of the molecule is Cc1noc(CNC(=O)N2CCCCC2C(=O)O)n1. The van der Waals surface area contributed by atoms with Gasteiger partial charge < -0.3 is 19.8 Å². The molecule has 0 spiro atoms. The van der Waals surface area contributed by atoms with E-state index in [0.717, 1.165) is 12.8 Å². The third-order valence-corrected chi connectivity index (χ3v) is 3.01. The van der Waals surface area contributed by atoms with E-state index in [1.54, 1.807) is 6.92 Å². The minimum Gasteiger partial charge on any atom is -0.480 e. The van der Waals surface area contributed by atoms with Gasteiger partial charge in [-0.1, -0.05) is 5.16 Å². The van der Waals surface area contributed by atoms with Crippen LogP contribution >= 0.6 is 0 Å². The number of carboxylic acids is 1. The topological polar surface area (TPSA) is 109 Å². The summed E-state index contributed by atoms with van der Waals surface area (Å²) in [6, 6.07) is -1.17. The zero-order chi connectivity index (χ0) is 13.8. The Morgan fingerprint density at radius 2 is 2.32 bits per heavy atom. The number of hydrogen-bond acceptors (Lipinski definition) is 5. The molecule has 0 saturated carbocycles. The molecule has 0 aliphatic carbocycles. The Labute approximate surface area is 109 Å². The van der Waals surface area contributed by atoms with Crippen LogP contribution in [-0.4, -0.2) is 44.7 Å². The van der Waals surface area contributed by atoms with E-state index in [9.17, 15) is 9.59 Å². The van der Waals surface area contributed by atoms with Gasteiger partial charge in [0.2, 0.25) is 5.89 Å². The number of likely N-dealkylation sites (tertiary alicyclic amines) is 1. The minimum atomic E-state index is -0.969. The van der Waals surface area contributed by atoms with E-state index >= 15 is 0 Å². The summed E-state index contributed by atoms with van der Waals surface area (Å²) in [5.74, 6) is -0.177. The Hall–Kier alpha value is -2.12. The van der Waals surface area contributed by atoms with Crippen molar-refractivity contribution in [3.63, 3.8) is 0 Å². The van der Waals surface area contributed by atoms with Crippen molar-refractivity contribution in [2.24, 2.45) is 0 Å². The summed E-state index contributed by atoms with van der Waals surface area (Å²) in [6.07, 6.45) is 2.13. The van der Waals surface area contributed by atoms with Crippen LogP contribution in [-0.2, 0) is 11.3 Å². The molecule has 1 fully saturated rings. The predicted octanol–water partition coefficient (Wildman–Crippen LogP) is 0.527. The molecule has 2 rings (SSSR count). The van der Waals surface area contributed by atoms with Gasteiger partial charge >= 0.3 is 12.0 Å². The van der Waals surface area contributed by atoms with Crippen molar-refractivity contribution in [3.8, 4) is 0 Å². The molecule has 0 radical (unpaired) electrons. The highest BCUT2D eigenvalue weighted by atomic mass is 16.5. The van der Waals surface area contributed by atoms with Crippen LogP contribution in [0.4, 0.5) is 4.79 Å². The molecule has 8 heteroatoms. The lowest BCUT2D eigenvalue weighted by atomic mass is 10.0. The molecule has 1 unspecified atom stereocenters. The summed E-state index contributed by atoms with van der Waals surface area (Å²) in [6.45, 7) is 2.23. The second-order valence-corrected chi connectivity index (χ2v) is 4.44. The number of hydrogen-bond donors (Lipinski definition) is 2. The monoisotopic (exact) mass is 268 g/mol. The van der Waals surface area contributed by atoms with Gasteiger partial charge in [0.05, 0.1) is 6.54 Å². The van der Waals surface area contributed by atoms with E-state index in [2.05, 4.69) is 15.5 Å². The first-order valence-corrected chi connectivity index (χ1v) is 6.14. The number of carbonyl (C=O) groups is 2. The average Bonchev–Trinajstić information content (AvgIpc) is 2.81. The lowest BCUT2D eigenvalue weighted by molar-refractivity contribution is -0.143. The van der Waals surface area contributed by atoms with Gasteiger partial charge in [-0.15, -0.1) is 0 Å². The second-order valence-electron chi connectivity index (χ2n) is 4.44. The van der Waals surface area contributed by atoms with Gasteiger partial charge in [0.25, 0.3) is 0 Å². The maximum Gasteiger partial charge on any atom is 0.326 e. The summed E-state index contributed by atoms with van der Waals surface area (Å²) in [5, 5.41) is 15.3. The van der Waals surface area contributed by atoms with Crippen LogP contribution in [0.15, 0.2) is 4.52 Å². The number of piperidine rings is 1. The summed E-state index contributed by atoms with van der Waals surface area (Å²) in [5.41, 5.74) is 0. The van der Waals surface area contributed by atoms with Crippen LogP contribution in [0.25, 0.3) is 0 Å². The number of carbonyl (C=O) groups excluding carboxylic acids is 1. The predicted molar refractivity (Wildman–Crippen MR) is 63.3 cm³/mol. The first-order valence-electron chi connectivity index (χ1n) is 6.14. The zero-order valence-electron chi connectivity index (χ0n) is 10.6. The van der Waals surface area contributed by atoms with Gasteiger partial charge in [-0.25, -0.2) is 9.59 Å². The molecule has 2 heterocycles. The van der Waals surface area contributed by atoms with Crippen LogP contribution in [0.5, 0.6) is 0 Å². The molecule has 1 atom stereocenters. The molecule has 2 N–H and O–H groups in total. The van der Waals surface area contributed by atoms with Crippen LogP contribution in [0.2, 0.25) is 0 Å². The molecule has 104 valence electrons. The van der Waals surface area contributed by atoms with Gasteiger partial charge in [0, 0.05) is 6.54 Å². The number of aryl methyl sites for hydroxylation is 1. The van der Waals surface area contributed by atoms with Gasteiger partial charge in [-0.3, -0.25) is 0 Å². The van der Waals surface area contributed by atoms with Crippen LogP contribution in [0, 0.1) is 6.92 Å². The Bertz CT molecular complexity index is 473. The molecule has 1 aliphatic heterocycles. The van der Waals surface area contributed by atoms with E-state index in [4.69, 9.17) is 9.63 Å². The van der Waals surface area contributed by atoms with Gasteiger partial charge in [0.15, 0.2) is 5.82 Å². The average molecular weight is 268 g/mol. The van der Waals surface area contributed by atoms with Crippen LogP contribution in [0.1, 0.15) is 31.0 Å². The third-order valence-electron chi connectivity index (χ3n) is 3.01. The van der Waals surface area contributed by atoms with Crippen molar-refractivity contribution in [1.82, 2.24) is 20.4 Å². The number of nitrogens with one attached hydrogen (secondary N) is 1. The lowest BCUT2D eigenvalue weighted by Crippen LogP contribution is -2.51. The lowest BCUT2D eigenvalue weighted by Gasteiger charge is -2.32. The normalized spacial score (nSPS) is 19.2. The molecule has 19 heavy (non-hydrogen) atoms. The highest BCUT2D eigenvalue weighted by Crippen LogP contribution is 2.17. The molecular formula is C11H16N4O4. The number of carboxylic acid groups (broad SMARTS) is 1. The van der Waals surface area contributed by atoms with Gasteiger partial charge in [-0.05, 0) is 26.2 Å². The summed E-state index contributed by atoms with van der Waals surface area (Å²) in [4.78, 5) is 28.3. The van der Waals surface area contributed by atoms with Crippen molar-refractivity contribution in [1.29, 1.82) is 0 Å². The third kappa shape index (κ3) is 3.21. The second kappa shape index (κ2) is 5.68. The van der Waals surface area contributed by atoms with E-state index in [1.165, 1.54) is 4.90 Å². The first-order chi connectivity index (χ1) is 9.08. The van der Waals surface area contributed by atoms with Crippen LogP contribution < -0.4 is 5.32 Å². The van der Waals surface area contributed by atoms with Crippen molar-refractivity contribution < 1.29 is 19.2 Å². The van der Waals surface area contributed by atoms with Crippen molar-refractivity contribution in [2.45, 2.75) is 38.8 Å². The van der Waals surface area contributed by atoms with Gasteiger partial charge in [0.1, 0.15) is 6.04 Å². The molecule has 8 nitrogen and oxygen atoms in total. The molecular weight excluding hydrogens is 252 g/mol. The van der Waals surface area contributed by atoms with Crippen molar-refractivity contribution in [3.05, 3.63) is 11.7 Å². The number of urea groups is 1. The quantitative estimate of drug-likeness (QED) is 0.827. The molecule has 2 amide bonds. The fraction of sp³-hybridized carbons (Fsp3) is 0.636. The molecule has 1 aliphatic rings. The fourth-order valence-corrected chi connectivity index (χ4v) is 2.10. The fourth-order valence-electron chi connectivity index (χ4n) is 2.10. The number of rotatable bonds is 3. The Balaban J connectivity index is 1.92. The first kappa shape index (κ1) is 13.3. The number of aliphatic carboxylic acids is 1. The Morgan fingerprint density at radius 3 is 2.95 bits per heavy atom. The largest absolute Gasteiger partial charge is 0.480 e. The van der Waals surface area contributed by atoms with Crippen LogP contribution in [0.3, 0.4) is 0 Å². The minimum absolute atomic E-state index is 0.0997. The highest BCUT2D eigenvalue weighted by molar-refractivity contribution is 5.82. The van der Waals surface area contributed by atoms with E-state index < -0.39 is 18.0 Å². The smallest absolute Gasteiger partial charge is 0.326 e. The number of amides is 2. The molecule has 0 aromatic carbocycles. The Morgan fingerprint density at radius 1 is 1.53 bits per heavy atom. The molecule has 1 aromatic rings. The highest BCUT2D eigenvalue weighted by Gasteiger charge is 2.31. The van der Waals surface area contributed by atoms with Crippen molar-refractivity contribution in [2.75, 3.05) is 6.54 Å². The molecule has 0 bridgehead atoms. The molecule has 1 saturated heterocycles. The zero-order valence-corrected chi connectivity index (χ0v) is 10.6. The van der Waals surface area contributed by atoms with Crippen molar-refractivity contribution >= 4 is 12.0 Å². The van der Waals surface area contributed by atoms with E-state index in [1.807, 2.05) is 0 Å². The summed E-state index contributed by atoms with van der Waals surface area (Å²) >= 11 is 0. The van der Waals surface area contributed by atoms with Gasteiger partial charge in [-0.2, -0.15) is 4.98 Å². The Kier molecular flexibility index (Phi) is 3.98. The van der Waals surface area contributed by atoms with E-state index in [-0.39, 0.29) is 6.54 Å². The number of nitrogens with zero attached hydrogens (tertiary/aromatic N) is 3.